The van der Waals surface area contributed by atoms with Crippen LogP contribution in [0, 0.1) is 0 Å². The summed E-state index contributed by atoms with van der Waals surface area (Å²) in [5, 5.41) is 18.7. The number of nitrogens with one attached hydrogen (secondary N) is 2. The average Bonchev–Trinajstić information content (AvgIpc) is 3.73. The predicted molar refractivity (Wildman–Crippen MR) is 161 cm³/mol. The molecule has 4 heterocycles. The standard InChI is InChI=1S/C31H39N5O5S/c37-28(36-16-4-8-27(36)29(38)31(40)33-20-23-7-5-18-42-23)21-34-30(39)24-11-12-32-26-10-9-22(19-25(24)26)41-17-6-15-35-13-2-1-3-14-35/h5,7,9-12,18-19,27,29,38H,1-4,6,8,13-17,20-21H2,(H,33,40)(H,34,39). The Balaban J connectivity index is 1.14. The van der Waals surface area contributed by atoms with Crippen LogP contribution in [0.1, 0.15) is 53.8 Å². The van der Waals surface area contributed by atoms with Gasteiger partial charge in [-0.25, -0.2) is 0 Å². The molecule has 2 unspecified atom stereocenters. The quantitative estimate of drug-likeness (QED) is 0.276. The molecule has 2 aliphatic heterocycles. The van der Waals surface area contributed by atoms with Crippen molar-refractivity contribution in [3.05, 3.63) is 58.4 Å². The first-order chi connectivity index (χ1) is 20.5. The molecule has 0 aliphatic carbocycles. The number of aliphatic hydroxyl groups is 1. The van der Waals surface area contributed by atoms with E-state index in [-0.39, 0.29) is 12.5 Å². The summed E-state index contributed by atoms with van der Waals surface area (Å²) in [5.41, 5.74) is 1.06. The normalized spacial score (nSPS) is 18.1. The highest BCUT2D eigenvalue weighted by Gasteiger charge is 2.37. The van der Waals surface area contributed by atoms with Crippen LogP contribution in [0.3, 0.4) is 0 Å². The van der Waals surface area contributed by atoms with Gasteiger partial charge in [0.05, 0.1) is 36.8 Å². The van der Waals surface area contributed by atoms with Gasteiger partial charge in [-0.1, -0.05) is 12.5 Å². The van der Waals surface area contributed by atoms with Crippen LogP contribution < -0.4 is 15.4 Å². The third-order valence-corrected chi connectivity index (χ3v) is 8.84. The van der Waals surface area contributed by atoms with Crippen molar-refractivity contribution in [1.82, 2.24) is 25.4 Å². The highest BCUT2D eigenvalue weighted by Crippen LogP contribution is 2.24. The second-order valence-electron chi connectivity index (χ2n) is 10.9. The van der Waals surface area contributed by atoms with Gasteiger partial charge in [0.15, 0.2) is 6.10 Å². The fourth-order valence-corrected chi connectivity index (χ4v) is 6.37. The number of aliphatic hydroxyl groups excluding tert-OH is 1. The van der Waals surface area contributed by atoms with E-state index in [2.05, 4.69) is 20.5 Å². The molecule has 10 nitrogen and oxygen atoms in total. The Morgan fingerprint density at radius 3 is 2.74 bits per heavy atom. The molecule has 0 spiro atoms. The van der Waals surface area contributed by atoms with Crippen molar-refractivity contribution in [2.45, 2.75) is 57.2 Å². The molecular formula is C31H39N5O5S. The number of amides is 3. The first kappa shape index (κ1) is 29.9. The molecule has 3 N–H and O–H groups in total. The van der Waals surface area contributed by atoms with E-state index in [4.69, 9.17) is 4.74 Å². The van der Waals surface area contributed by atoms with E-state index >= 15 is 0 Å². The van der Waals surface area contributed by atoms with Crippen LogP contribution in [-0.2, 0) is 16.1 Å². The summed E-state index contributed by atoms with van der Waals surface area (Å²) in [6, 6.07) is 10.3. The molecule has 2 atom stereocenters. The number of benzene rings is 1. The van der Waals surface area contributed by atoms with Crippen molar-refractivity contribution >= 4 is 40.0 Å². The summed E-state index contributed by atoms with van der Waals surface area (Å²) in [4.78, 5) is 48.2. The molecule has 0 radical (unpaired) electrons. The summed E-state index contributed by atoms with van der Waals surface area (Å²) >= 11 is 1.52. The summed E-state index contributed by atoms with van der Waals surface area (Å²) in [5.74, 6) is -0.578. The average molecular weight is 594 g/mol. The van der Waals surface area contributed by atoms with Gasteiger partial charge in [-0.15, -0.1) is 11.3 Å². The van der Waals surface area contributed by atoms with E-state index in [1.54, 1.807) is 12.3 Å². The van der Waals surface area contributed by atoms with Crippen molar-refractivity contribution < 1.29 is 24.2 Å². The summed E-state index contributed by atoms with van der Waals surface area (Å²) in [6.45, 7) is 4.44. The van der Waals surface area contributed by atoms with Gasteiger partial charge >= 0.3 is 0 Å². The smallest absolute Gasteiger partial charge is 0.252 e. The second-order valence-corrected chi connectivity index (χ2v) is 11.9. The third kappa shape index (κ3) is 7.64. The van der Waals surface area contributed by atoms with Crippen molar-refractivity contribution in [3.8, 4) is 5.75 Å². The lowest BCUT2D eigenvalue weighted by Gasteiger charge is -2.28. The SMILES string of the molecule is O=C(NCC(=O)N1CCCC1C(O)C(=O)NCc1cccs1)c1ccnc2ccc(OCCCN3CCCCC3)cc12. The van der Waals surface area contributed by atoms with Crippen LogP contribution in [0.2, 0.25) is 0 Å². The number of piperidine rings is 1. The van der Waals surface area contributed by atoms with E-state index in [0.717, 1.165) is 30.9 Å². The first-order valence-corrected chi connectivity index (χ1v) is 15.7. The van der Waals surface area contributed by atoms with Crippen molar-refractivity contribution in [2.75, 3.05) is 39.3 Å². The minimum Gasteiger partial charge on any atom is -0.494 e. The number of carbonyl (C=O) groups is 3. The molecular weight excluding hydrogens is 554 g/mol. The van der Waals surface area contributed by atoms with Crippen molar-refractivity contribution in [1.29, 1.82) is 0 Å². The molecule has 3 amide bonds. The Morgan fingerprint density at radius 1 is 1.07 bits per heavy atom. The third-order valence-electron chi connectivity index (χ3n) is 7.96. The zero-order chi connectivity index (χ0) is 29.3. The maximum absolute atomic E-state index is 13.2. The van der Waals surface area contributed by atoms with Crippen molar-refractivity contribution in [3.63, 3.8) is 0 Å². The number of hydrogen-bond donors (Lipinski definition) is 3. The number of ether oxygens (including phenoxy) is 1. The monoisotopic (exact) mass is 593 g/mol. The van der Waals surface area contributed by atoms with E-state index in [0.29, 0.717) is 54.8 Å². The summed E-state index contributed by atoms with van der Waals surface area (Å²) in [6.07, 6.45) is 6.21. The largest absolute Gasteiger partial charge is 0.494 e. The Morgan fingerprint density at radius 2 is 1.93 bits per heavy atom. The van der Waals surface area contributed by atoms with Gasteiger partial charge in [-0.05, 0) is 80.9 Å². The van der Waals surface area contributed by atoms with E-state index in [1.165, 1.54) is 35.5 Å². The van der Waals surface area contributed by atoms with E-state index in [1.807, 2.05) is 35.7 Å². The highest BCUT2D eigenvalue weighted by atomic mass is 32.1. The Hall–Kier alpha value is -3.54. The summed E-state index contributed by atoms with van der Waals surface area (Å²) in [7, 11) is 0. The maximum Gasteiger partial charge on any atom is 0.252 e. The topological polar surface area (TPSA) is 124 Å². The lowest BCUT2D eigenvalue weighted by Crippen LogP contribution is -2.51. The first-order valence-electron chi connectivity index (χ1n) is 14.8. The van der Waals surface area contributed by atoms with Crippen LogP contribution in [0.4, 0.5) is 0 Å². The predicted octanol–water partition coefficient (Wildman–Crippen LogP) is 2.95. The van der Waals surface area contributed by atoms with Crippen LogP contribution in [-0.4, -0.2) is 89.1 Å². The number of hydrogen-bond acceptors (Lipinski definition) is 8. The molecule has 3 aromatic rings. The number of aromatic nitrogens is 1. The van der Waals surface area contributed by atoms with Crippen LogP contribution in [0.5, 0.6) is 5.75 Å². The molecule has 224 valence electrons. The van der Waals surface area contributed by atoms with E-state index < -0.39 is 24.0 Å². The number of thiophene rings is 1. The number of nitrogens with zero attached hydrogens (tertiary/aromatic N) is 3. The van der Waals surface area contributed by atoms with Gasteiger partial charge in [0, 0.05) is 29.5 Å². The second kappa shape index (κ2) is 14.6. The van der Waals surface area contributed by atoms with E-state index in [9.17, 15) is 19.5 Å². The lowest BCUT2D eigenvalue weighted by molar-refractivity contribution is -0.138. The zero-order valence-corrected chi connectivity index (χ0v) is 24.6. The summed E-state index contributed by atoms with van der Waals surface area (Å²) < 4.78 is 5.99. The maximum atomic E-state index is 13.2. The molecule has 11 heteroatoms. The molecule has 2 fully saturated rings. The molecule has 2 aliphatic rings. The van der Waals surface area contributed by atoms with Crippen LogP contribution in [0.15, 0.2) is 48.0 Å². The van der Waals surface area contributed by atoms with Crippen molar-refractivity contribution in [2.24, 2.45) is 0 Å². The number of pyridine rings is 1. The number of likely N-dealkylation sites (tertiary alicyclic amines) is 2. The molecule has 0 saturated carbocycles. The van der Waals surface area contributed by atoms with Gasteiger partial charge < -0.3 is 30.3 Å². The Kier molecular flexibility index (Phi) is 10.4. The lowest BCUT2D eigenvalue weighted by atomic mass is 10.1. The Labute approximate surface area is 250 Å². The number of carbonyl (C=O) groups excluding carboxylic acids is 3. The van der Waals surface area contributed by atoms with Gasteiger partial charge in [0.25, 0.3) is 11.8 Å². The molecule has 1 aromatic carbocycles. The number of rotatable bonds is 12. The van der Waals surface area contributed by atoms with Crippen LogP contribution in [0.25, 0.3) is 10.9 Å². The molecule has 42 heavy (non-hydrogen) atoms. The molecule has 5 rings (SSSR count). The van der Waals surface area contributed by atoms with Gasteiger partial charge in [-0.2, -0.15) is 0 Å². The van der Waals surface area contributed by atoms with Gasteiger partial charge in [-0.3, -0.25) is 19.4 Å². The fraction of sp³-hybridized carbons (Fsp3) is 0.484. The highest BCUT2D eigenvalue weighted by molar-refractivity contribution is 7.09. The number of fused-ring (bicyclic) bond motifs is 1. The zero-order valence-electron chi connectivity index (χ0n) is 23.8. The van der Waals surface area contributed by atoms with Gasteiger partial charge in [0.2, 0.25) is 5.91 Å². The van der Waals surface area contributed by atoms with Crippen LogP contribution >= 0.6 is 11.3 Å². The minimum atomic E-state index is -1.34. The Bertz CT molecular complexity index is 1360. The fourth-order valence-electron chi connectivity index (χ4n) is 5.72. The molecule has 2 aromatic heterocycles. The minimum absolute atomic E-state index is 0.241. The van der Waals surface area contributed by atoms with Gasteiger partial charge in [0.1, 0.15) is 5.75 Å². The molecule has 0 bridgehead atoms. The molecule has 2 saturated heterocycles.